The van der Waals surface area contributed by atoms with Crippen LogP contribution in [0.4, 0.5) is 11.5 Å². The summed E-state index contributed by atoms with van der Waals surface area (Å²) < 4.78 is 6.58. The van der Waals surface area contributed by atoms with Crippen molar-refractivity contribution >= 4 is 38.3 Å². The van der Waals surface area contributed by atoms with Crippen molar-refractivity contribution in [3.8, 4) is 11.6 Å². The third-order valence-electron chi connectivity index (χ3n) is 3.26. The topological polar surface area (TPSA) is 94.3 Å². The van der Waals surface area contributed by atoms with E-state index in [1.807, 2.05) is 6.07 Å². The first-order valence-corrected chi connectivity index (χ1v) is 7.66. The number of benzene rings is 1. The number of halogens is 1. The highest BCUT2D eigenvalue weighted by molar-refractivity contribution is 9.10. The molecule has 9 heteroatoms. The maximum Gasteiger partial charge on any atom is 0.373 e. The summed E-state index contributed by atoms with van der Waals surface area (Å²) in [6, 6.07) is 7.15. The van der Waals surface area contributed by atoms with Crippen LogP contribution in [-0.4, -0.2) is 34.0 Å². The maximum absolute atomic E-state index is 11.5. The molecular formula is C15H12BrN5O3. The van der Waals surface area contributed by atoms with E-state index in [-0.39, 0.29) is 17.4 Å². The highest BCUT2D eigenvalue weighted by Crippen LogP contribution is 2.38. The molecule has 0 radical (unpaired) electrons. The van der Waals surface area contributed by atoms with Gasteiger partial charge in [-0.2, -0.15) is 4.98 Å². The average molecular weight is 390 g/mol. The third-order valence-corrected chi connectivity index (χ3v) is 3.95. The van der Waals surface area contributed by atoms with Crippen molar-refractivity contribution in [1.29, 1.82) is 0 Å². The predicted octanol–water partition coefficient (Wildman–Crippen LogP) is 3.55. The van der Waals surface area contributed by atoms with Gasteiger partial charge in [0.05, 0.1) is 4.92 Å². The van der Waals surface area contributed by atoms with Gasteiger partial charge in [-0.1, -0.05) is 22.0 Å². The molecule has 0 aliphatic heterocycles. The summed E-state index contributed by atoms with van der Waals surface area (Å²) in [5, 5.41) is 12.3. The molecule has 3 aromatic rings. The van der Waals surface area contributed by atoms with E-state index in [0.29, 0.717) is 11.3 Å². The van der Waals surface area contributed by atoms with Gasteiger partial charge in [-0.05, 0) is 18.2 Å². The van der Waals surface area contributed by atoms with E-state index < -0.39 is 4.92 Å². The molecule has 0 amide bonds. The lowest BCUT2D eigenvalue weighted by Crippen LogP contribution is -2.14. The lowest BCUT2D eigenvalue weighted by Gasteiger charge is -2.13. The number of pyridine rings is 1. The fourth-order valence-electron chi connectivity index (χ4n) is 2.21. The van der Waals surface area contributed by atoms with Gasteiger partial charge in [0.25, 0.3) is 0 Å². The minimum absolute atomic E-state index is 0.132. The van der Waals surface area contributed by atoms with Crippen molar-refractivity contribution < 1.29 is 9.66 Å². The highest BCUT2D eigenvalue weighted by Gasteiger charge is 2.26. The molecule has 0 N–H and O–H groups in total. The van der Waals surface area contributed by atoms with Gasteiger partial charge in [0, 0.05) is 30.2 Å². The third kappa shape index (κ3) is 2.85. The minimum Gasteiger partial charge on any atom is -0.431 e. The monoisotopic (exact) mass is 389 g/mol. The molecule has 0 spiro atoms. The largest absolute Gasteiger partial charge is 0.431 e. The quantitative estimate of drug-likeness (QED) is 0.497. The predicted molar refractivity (Wildman–Crippen MR) is 92.5 cm³/mol. The van der Waals surface area contributed by atoms with Crippen LogP contribution < -0.4 is 9.64 Å². The first kappa shape index (κ1) is 16.1. The van der Waals surface area contributed by atoms with Crippen LogP contribution in [0.25, 0.3) is 10.9 Å². The van der Waals surface area contributed by atoms with Crippen molar-refractivity contribution in [2.75, 3.05) is 19.0 Å². The van der Waals surface area contributed by atoms with Gasteiger partial charge in [0.15, 0.2) is 5.75 Å². The molecule has 3 rings (SSSR count). The number of hydrogen-bond acceptors (Lipinski definition) is 7. The summed E-state index contributed by atoms with van der Waals surface area (Å²) in [4.78, 5) is 24.6. The summed E-state index contributed by atoms with van der Waals surface area (Å²) in [5.41, 5.74) is 0.278. The summed E-state index contributed by atoms with van der Waals surface area (Å²) in [6.45, 7) is 0. The van der Waals surface area contributed by atoms with Gasteiger partial charge in [0.1, 0.15) is 11.8 Å². The molecule has 0 aliphatic carbocycles. The molecule has 1 aromatic carbocycles. The number of rotatable bonds is 4. The van der Waals surface area contributed by atoms with E-state index >= 15 is 0 Å². The van der Waals surface area contributed by atoms with Crippen molar-refractivity contribution in [1.82, 2.24) is 15.0 Å². The number of hydrogen-bond donors (Lipinski definition) is 0. The van der Waals surface area contributed by atoms with Gasteiger partial charge in [-0.3, -0.25) is 15.1 Å². The van der Waals surface area contributed by atoms with Crippen LogP contribution >= 0.6 is 15.9 Å². The Kier molecular flexibility index (Phi) is 4.26. The first-order valence-electron chi connectivity index (χ1n) is 6.87. The average Bonchev–Trinajstić information content (AvgIpc) is 2.57. The van der Waals surface area contributed by atoms with E-state index in [2.05, 4.69) is 30.9 Å². The van der Waals surface area contributed by atoms with Crippen LogP contribution in [0.5, 0.6) is 11.6 Å². The molecule has 0 bridgehead atoms. The van der Waals surface area contributed by atoms with Crippen LogP contribution in [0.1, 0.15) is 0 Å². The molecule has 0 saturated carbocycles. The number of aromatic nitrogens is 3. The second-order valence-corrected chi connectivity index (χ2v) is 5.90. The van der Waals surface area contributed by atoms with Crippen molar-refractivity contribution in [3.63, 3.8) is 0 Å². The molecule has 0 aliphatic rings. The van der Waals surface area contributed by atoms with Crippen LogP contribution in [0, 0.1) is 10.1 Å². The number of nitro groups is 1. The Labute approximate surface area is 145 Å². The molecule has 0 saturated heterocycles. The Morgan fingerprint density at radius 1 is 1.21 bits per heavy atom. The zero-order valence-corrected chi connectivity index (χ0v) is 14.4. The number of ether oxygens (including phenoxy) is 1. The molecule has 24 heavy (non-hydrogen) atoms. The molecule has 122 valence electrons. The summed E-state index contributed by atoms with van der Waals surface area (Å²) in [6.07, 6.45) is 2.85. The summed E-state index contributed by atoms with van der Waals surface area (Å²) in [7, 11) is 3.32. The highest BCUT2D eigenvalue weighted by atomic mass is 79.9. The Morgan fingerprint density at radius 2 is 2.00 bits per heavy atom. The molecule has 0 fully saturated rings. The Hall–Kier alpha value is -2.81. The second kappa shape index (κ2) is 6.36. The van der Waals surface area contributed by atoms with Crippen molar-refractivity contribution in [3.05, 3.63) is 51.4 Å². The van der Waals surface area contributed by atoms with Gasteiger partial charge in [-0.25, -0.2) is 4.98 Å². The van der Waals surface area contributed by atoms with E-state index in [4.69, 9.17) is 4.74 Å². The standard InChI is InChI=1S/C15H12BrN5O3/c1-20(2)14-13(21(22)23)15(19-8-18-14)24-11-6-5-10(16)9-4-3-7-17-12(9)11/h3-8H,1-2H3. The lowest BCUT2D eigenvalue weighted by atomic mass is 10.2. The number of nitrogens with zero attached hydrogens (tertiary/aromatic N) is 5. The molecule has 2 aromatic heterocycles. The fraction of sp³-hybridized carbons (Fsp3) is 0.133. The number of fused-ring (bicyclic) bond motifs is 1. The van der Waals surface area contributed by atoms with E-state index in [0.717, 1.165) is 9.86 Å². The zero-order valence-electron chi connectivity index (χ0n) is 12.8. The molecular weight excluding hydrogens is 378 g/mol. The zero-order chi connectivity index (χ0) is 17.3. The Morgan fingerprint density at radius 3 is 2.71 bits per heavy atom. The fourth-order valence-corrected chi connectivity index (χ4v) is 2.67. The summed E-state index contributed by atoms with van der Waals surface area (Å²) >= 11 is 3.45. The lowest BCUT2D eigenvalue weighted by molar-refractivity contribution is -0.385. The Balaban J connectivity index is 2.15. The van der Waals surface area contributed by atoms with Gasteiger partial charge in [-0.15, -0.1) is 0 Å². The van der Waals surface area contributed by atoms with E-state index in [1.54, 1.807) is 38.5 Å². The normalized spacial score (nSPS) is 10.6. The van der Waals surface area contributed by atoms with Gasteiger partial charge in [0.2, 0.25) is 5.82 Å². The summed E-state index contributed by atoms with van der Waals surface area (Å²) in [5.74, 6) is 0.410. The van der Waals surface area contributed by atoms with Crippen LogP contribution in [0.3, 0.4) is 0 Å². The van der Waals surface area contributed by atoms with E-state index in [1.165, 1.54) is 11.2 Å². The van der Waals surface area contributed by atoms with Crippen LogP contribution in [0.15, 0.2) is 41.3 Å². The van der Waals surface area contributed by atoms with Crippen LogP contribution in [0.2, 0.25) is 0 Å². The SMILES string of the molecule is CN(C)c1ncnc(Oc2ccc(Br)c3cccnc23)c1[N+](=O)[O-]. The number of anilines is 1. The minimum atomic E-state index is -0.556. The van der Waals surface area contributed by atoms with Gasteiger partial charge >= 0.3 is 11.6 Å². The second-order valence-electron chi connectivity index (χ2n) is 5.05. The van der Waals surface area contributed by atoms with Gasteiger partial charge < -0.3 is 9.64 Å². The molecule has 0 atom stereocenters. The molecule has 0 unspecified atom stereocenters. The smallest absolute Gasteiger partial charge is 0.373 e. The van der Waals surface area contributed by atoms with Crippen LogP contribution in [-0.2, 0) is 0 Å². The Bertz CT molecular complexity index is 932. The van der Waals surface area contributed by atoms with E-state index in [9.17, 15) is 10.1 Å². The maximum atomic E-state index is 11.5. The van der Waals surface area contributed by atoms with Crippen molar-refractivity contribution in [2.24, 2.45) is 0 Å². The van der Waals surface area contributed by atoms with Crippen molar-refractivity contribution in [2.45, 2.75) is 0 Å². The first-order chi connectivity index (χ1) is 11.5. The molecule has 2 heterocycles. The molecule has 8 nitrogen and oxygen atoms in total.